The molecule has 0 spiro atoms. The first kappa shape index (κ1) is 22.4. The van der Waals surface area contributed by atoms with Crippen molar-refractivity contribution in [1.29, 1.82) is 0 Å². The molecule has 0 unspecified atom stereocenters. The maximum absolute atomic E-state index is 14.3. The van der Waals surface area contributed by atoms with E-state index in [1.807, 2.05) is 6.92 Å². The van der Waals surface area contributed by atoms with Crippen molar-refractivity contribution in [2.45, 2.75) is 41.3 Å². The van der Waals surface area contributed by atoms with Crippen LogP contribution in [0.1, 0.15) is 19.8 Å². The largest absolute Gasteiger partial charge is 0.302 e. The topological polar surface area (TPSA) is 111 Å². The third kappa shape index (κ3) is 4.25. The van der Waals surface area contributed by atoms with Gasteiger partial charge in [0.05, 0.1) is 20.8 Å². The van der Waals surface area contributed by atoms with Gasteiger partial charge in [0.15, 0.2) is 11.0 Å². The number of nitrogens with zero attached hydrogens (tertiary/aromatic N) is 5. The molecule has 2 heterocycles. The summed E-state index contributed by atoms with van der Waals surface area (Å²) in [7, 11) is -3.58. The maximum Gasteiger partial charge on any atom is 0.272 e. The number of sulfonamides is 1. The number of hydrogen-bond acceptors (Lipinski definition) is 7. The molecule has 0 aliphatic carbocycles. The van der Waals surface area contributed by atoms with Crippen LogP contribution in [0.25, 0.3) is 11.4 Å². The van der Waals surface area contributed by atoms with E-state index in [4.69, 9.17) is 0 Å². The summed E-state index contributed by atoms with van der Waals surface area (Å²) in [5.41, 5.74) is 0.246. The van der Waals surface area contributed by atoms with E-state index in [2.05, 4.69) is 10.2 Å². The van der Waals surface area contributed by atoms with Crippen molar-refractivity contribution in [1.82, 2.24) is 19.1 Å². The van der Waals surface area contributed by atoms with E-state index in [9.17, 15) is 22.9 Å². The zero-order chi connectivity index (χ0) is 22.9. The van der Waals surface area contributed by atoms with Crippen molar-refractivity contribution in [2.75, 3.05) is 13.1 Å². The first-order valence-corrected chi connectivity index (χ1v) is 12.2. The Morgan fingerprint density at radius 3 is 2.56 bits per heavy atom. The van der Waals surface area contributed by atoms with Gasteiger partial charge >= 0.3 is 0 Å². The molecule has 1 saturated heterocycles. The molecule has 0 saturated carbocycles. The second-order valence-electron chi connectivity index (χ2n) is 7.16. The van der Waals surface area contributed by atoms with Gasteiger partial charge < -0.3 is 4.57 Å². The van der Waals surface area contributed by atoms with E-state index in [1.165, 1.54) is 16.4 Å². The first-order valence-electron chi connectivity index (χ1n) is 9.97. The van der Waals surface area contributed by atoms with E-state index in [0.29, 0.717) is 36.2 Å². The van der Waals surface area contributed by atoms with Crippen molar-refractivity contribution in [3.8, 4) is 11.4 Å². The lowest BCUT2D eigenvalue weighted by Gasteiger charge is -2.16. The number of non-ortho nitro benzene ring substituents is 1. The van der Waals surface area contributed by atoms with Crippen LogP contribution in [0.5, 0.6) is 0 Å². The molecule has 0 N–H and O–H groups in total. The fraction of sp³-hybridized carbons (Fsp3) is 0.300. The van der Waals surface area contributed by atoms with E-state index in [-0.39, 0.29) is 15.5 Å². The molecule has 3 aromatic rings. The number of hydrogen-bond donors (Lipinski definition) is 0. The predicted molar refractivity (Wildman–Crippen MR) is 116 cm³/mol. The molecule has 1 aliphatic heterocycles. The molecule has 0 radical (unpaired) electrons. The molecular formula is C20H20FN5O4S2. The van der Waals surface area contributed by atoms with Gasteiger partial charge in [0, 0.05) is 31.3 Å². The second-order valence-corrected chi connectivity index (χ2v) is 10.1. The third-order valence-electron chi connectivity index (χ3n) is 5.16. The van der Waals surface area contributed by atoms with Crippen molar-refractivity contribution >= 4 is 27.5 Å². The number of aromatic nitrogens is 3. The minimum atomic E-state index is -3.58. The van der Waals surface area contributed by atoms with Crippen LogP contribution in [0, 0.1) is 15.9 Å². The van der Waals surface area contributed by atoms with Crippen molar-refractivity contribution in [3.63, 3.8) is 0 Å². The minimum absolute atomic E-state index is 0.176. The number of halogens is 1. The van der Waals surface area contributed by atoms with Gasteiger partial charge in [0.25, 0.3) is 5.69 Å². The van der Waals surface area contributed by atoms with Gasteiger partial charge in [-0.2, -0.15) is 4.31 Å². The highest BCUT2D eigenvalue weighted by atomic mass is 32.2. The zero-order valence-electron chi connectivity index (χ0n) is 17.1. The molecule has 12 heteroatoms. The van der Waals surface area contributed by atoms with Gasteiger partial charge in [-0.05, 0) is 49.7 Å². The number of benzene rings is 2. The average Bonchev–Trinajstić information content (AvgIpc) is 3.45. The Morgan fingerprint density at radius 1 is 1.16 bits per heavy atom. The van der Waals surface area contributed by atoms with Crippen LogP contribution < -0.4 is 0 Å². The Morgan fingerprint density at radius 2 is 1.91 bits per heavy atom. The molecule has 1 fully saturated rings. The van der Waals surface area contributed by atoms with E-state index in [0.717, 1.165) is 30.7 Å². The Balaban J connectivity index is 1.66. The minimum Gasteiger partial charge on any atom is -0.302 e. The molecule has 0 amide bonds. The van der Waals surface area contributed by atoms with Crippen molar-refractivity contribution < 1.29 is 17.7 Å². The molecule has 0 bridgehead atoms. The summed E-state index contributed by atoms with van der Waals surface area (Å²) in [6.45, 7) is 3.36. The summed E-state index contributed by atoms with van der Waals surface area (Å²) in [6.07, 6.45) is 1.70. The molecule has 0 atom stereocenters. The number of nitro benzene ring substituents is 1. The molecule has 32 heavy (non-hydrogen) atoms. The fourth-order valence-electron chi connectivity index (χ4n) is 3.52. The molecule has 4 rings (SSSR count). The molecular weight excluding hydrogens is 457 g/mol. The summed E-state index contributed by atoms with van der Waals surface area (Å²) in [6, 6.07) is 9.97. The number of nitro groups is 1. The Labute approximate surface area is 188 Å². The van der Waals surface area contributed by atoms with E-state index in [1.54, 1.807) is 28.8 Å². The second kappa shape index (κ2) is 8.96. The van der Waals surface area contributed by atoms with Crippen LogP contribution in [0.4, 0.5) is 10.1 Å². The standard InChI is InChI=1S/C20H20FN5O4S2/c1-2-25-19(14-6-5-7-16(12-14)32(29,30)24-10-3-4-11-24)22-23-20(25)31-18-9-8-15(26(27)28)13-17(18)21/h5-9,12-13H,2-4,10-11H2,1H3. The fourth-order valence-corrected chi connectivity index (χ4v) is 5.98. The summed E-state index contributed by atoms with van der Waals surface area (Å²) >= 11 is 0.997. The van der Waals surface area contributed by atoms with Crippen LogP contribution in [0.3, 0.4) is 0 Å². The van der Waals surface area contributed by atoms with E-state index >= 15 is 0 Å². The predicted octanol–water partition coefficient (Wildman–Crippen LogP) is 3.95. The smallest absolute Gasteiger partial charge is 0.272 e. The highest BCUT2D eigenvalue weighted by Gasteiger charge is 2.28. The van der Waals surface area contributed by atoms with Gasteiger partial charge in [-0.3, -0.25) is 10.1 Å². The Bertz CT molecular complexity index is 1270. The molecule has 1 aromatic heterocycles. The highest BCUT2D eigenvalue weighted by molar-refractivity contribution is 7.99. The van der Waals surface area contributed by atoms with Crippen molar-refractivity contribution in [2.24, 2.45) is 0 Å². The summed E-state index contributed by atoms with van der Waals surface area (Å²) in [5.74, 6) is -0.272. The normalized spacial score (nSPS) is 14.7. The molecule has 168 valence electrons. The lowest BCUT2D eigenvalue weighted by atomic mass is 10.2. The lowest BCUT2D eigenvalue weighted by Crippen LogP contribution is -2.27. The quantitative estimate of drug-likeness (QED) is 0.374. The van der Waals surface area contributed by atoms with Gasteiger partial charge in [-0.1, -0.05) is 12.1 Å². The van der Waals surface area contributed by atoms with Crippen molar-refractivity contribution in [3.05, 3.63) is 58.4 Å². The summed E-state index contributed by atoms with van der Waals surface area (Å²) < 4.78 is 43.4. The van der Waals surface area contributed by atoms with Gasteiger partial charge in [0.2, 0.25) is 10.0 Å². The maximum atomic E-state index is 14.3. The summed E-state index contributed by atoms with van der Waals surface area (Å²) in [5, 5.41) is 19.6. The molecule has 2 aromatic carbocycles. The average molecular weight is 478 g/mol. The van der Waals surface area contributed by atoms with Crippen LogP contribution in [0.15, 0.2) is 57.4 Å². The Kier molecular flexibility index (Phi) is 6.26. The highest BCUT2D eigenvalue weighted by Crippen LogP contribution is 2.33. The van der Waals surface area contributed by atoms with Crippen LogP contribution in [-0.4, -0.2) is 45.5 Å². The van der Waals surface area contributed by atoms with Gasteiger partial charge in [0.1, 0.15) is 5.82 Å². The van der Waals surface area contributed by atoms with Crippen LogP contribution in [-0.2, 0) is 16.6 Å². The summed E-state index contributed by atoms with van der Waals surface area (Å²) in [4.78, 5) is 10.5. The van der Waals surface area contributed by atoms with Crippen LogP contribution >= 0.6 is 11.8 Å². The monoisotopic (exact) mass is 477 g/mol. The molecule has 9 nitrogen and oxygen atoms in total. The molecule has 1 aliphatic rings. The van der Waals surface area contributed by atoms with Gasteiger partial charge in [-0.25, -0.2) is 12.8 Å². The van der Waals surface area contributed by atoms with Gasteiger partial charge in [-0.15, -0.1) is 10.2 Å². The zero-order valence-corrected chi connectivity index (χ0v) is 18.8. The Hall–Kier alpha value is -2.83. The van der Waals surface area contributed by atoms with Crippen LogP contribution in [0.2, 0.25) is 0 Å². The SMILES string of the molecule is CCn1c(Sc2ccc([N+](=O)[O-])cc2F)nnc1-c1cccc(S(=O)(=O)N2CCCC2)c1. The van der Waals surface area contributed by atoms with E-state index < -0.39 is 20.8 Å². The number of rotatable bonds is 7. The third-order valence-corrected chi connectivity index (χ3v) is 8.09. The lowest BCUT2D eigenvalue weighted by molar-refractivity contribution is -0.385. The first-order chi connectivity index (χ1) is 15.3.